The third-order valence-electron chi connectivity index (χ3n) is 3.82. The minimum Gasteiger partial charge on any atom is -0.496 e. The highest BCUT2D eigenvalue weighted by Crippen LogP contribution is 2.43. The lowest BCUT2D eigenvalue weighted by atomic mass is 9.74. The zero-order valence-corrected chi connectivity index (χ0v) is 10.6. The van der Waals surface area contributed by atoms with Gasteiger partial charge in [-0.3, -0.25) is 0 Å². The Morgan fingerprint density at radius 1 is 1.19 bits per heavy atom. The highest BCUT2D eigenvalue weighted by Gasteiger charge is 2.31. The molecular formula is C14H21NO. The summed E-state index contributed by atoms with van der Waals surface area (Å²) in [7, 11) is 1.77. The monoisotopic (exact) mass is 219 g/mol. The quantitative estimate of drug-likeness (QED) is 0.830. The van der Waals surface area contributed by atoms with Crippen LogP contribution in [0.15, 0.2) is 6.07 Å². The number of methoxy groups -OCH3 is 1. The summed E-state index contributed by atoms with van der Waals surface area (Å²) in [6.45, 7) is 6.45. The molecule has 0 aliphatic heterocycles. The average molecular weight is 219 g/mol. The molecule has 0 radical (unpaired) electrons. The number of rotatable bonds is 2. The summed E-state index contributed by atoms with van der Waals surface area (Å²) in [5.74, 6) is 1.68. The number of hydrogen-bond acceptors (Lipinski definition) is 2. The van der Waals surface area contributed by atoms with E-state index in [4.69, 9.17) is 10.5 Å². The van der Waals surface area contributed by atoms with Gasteiger partial charge in [-0.25, -0.2) is 0 Å². The van der Waals surface area contributed by atoms with Gasteiger partial charge in [-0.15, -0.1) is 0 Å². The molecule has 0 heterocycles. The molecule has 0 bridgehead atoms. The largest absolute Gasteiger partial charge is 0.496 e. The van der Waals surface area contributed by atoms with E-state index in [9.17, 15) is 0 Å². The molecule has 0 unspecified atom stereocenters. The van der Waals surface area contributed by atoms with Gasteiger partial charge in [-0.1, -0.05) is 6.07 Å². The smallest absolute Gasteiger partial charge is 0.125 e. The fourth-order valence-corrected chi connectivity index (χ4v) is 2.74. The summed E-state index contributed by atoms with van der Waals surface area (Å²) in [5, 5.41) is 0. The molecule has 1 aliphatic rings. The minimum absolute atomic E-state index is 0.385. The van der Waals surface area contributed by atoms with Crippen molar-refractivity contribution in [1.82, 2.24) is 0 Å². The first-order chi connectivity index (χ1) is 7.54. The second kappa shape index (κ2) is 4.10. The van der Waals surface area contributed by atoms with E-state index >= 15 is 0 Å². The van der Waals surface area contributed by atoms with Gasteiger partial charge < -0.3 is 10.5 Å². The minimum atomic E-state index is 0.385. The van der Waals surface area contributed by atoms with Gasteiger partial charge >= 0.3 is 0 Å². The molecule has 0 spiro atoms. The Bertz CT molecular complexity index is 406. The Kier molecular flexibility index (Phi) is 2.94. The van der Waals surface area contributed by atoms with Crippen molar-refractivity contribution in [3.05, 3.63) is 28.3 Å². The molecule has 0 amide bonds. The molecule has 2 rings (SSSR count). The van der Waals surface area contributed by atoms with Crippen molar-refractivity contribution in [1.29, 1.82) is 0 Å². The molecule has 2 N–H and O–H groups in total. The van der Waals surface area contributed by atoms with Crippen molar-refractivity contribution in [2.24, 2.45) is 5.73 Å². The number of benzene rings is 1. The Morgan fingerprint density at radius 3 is 2.31 bits per heavy atom. The molecule has 1 aromatic rings. The van der Waals surface area contributed by atoms with Crippen molar-refractivity contribution < 1.29 is 4.74 Å². The molecule has 1 aliphatic carbocycles. The predicted molar refractivity (Wildman–Crippen MR) is 67.2 cm³/mol. The van der Waals surface area contributed by atoms with E-state index in [1.54, 1.807) is 7.11 Å². The van der Waals surface area contributed by atoms with Crippen LogP contribution >= 0.6 is 0 Å². The van der Waals surface area contributed by atoms with E-state index in [1.165, 1.54) is 22.3 Å². The average Bonchev–Trinajstić information content (AvgIpc) is 2.19. The lowest BCUT2D eigenvalue weighted by Crippen LogP contribution is -2.35. The van der Waals surface area contributed by atoms with Gasteiger partial charge in [0.2, 0.25) is 0 Å². The highest BCUT2D eigenvalue weighted by atomic mass is 16.5. The zero-order valence-electron chi connectivity index (χ0n) is 10.6. The molecule has 0 saturated heterocycles. The fraction of sp³-hybridized carbons (Fsp3) is 0.571. The molecule has 1 fully saturated rings. The maximum Gasteiger partial charge on any atom is 0.125 e. The molecule has 2 heteroatoms. The number of nitrogens with two attached hydrogens (primary N) is 1. The zero-order chi connectivity index (χ0) is 11.9. The van der Waals surface area contributed by atoms with Crippen LogP contribution in [0.1, 0.15) is 41.0 Å². The van der Waals surface area contributed by atoms with Gasteiger partial charge in [0.1, 0.15) is 5.75 Å². The normalized spacial score (nSPS) is 24.1. The molecule has 88 valence electrons. The lowest BCUT2D eigenvalue weighted by molar-refractivity contribution is 0.331. The summed E-state index contributed by atoms with van der Waals surface area (Å²) in [5.41, 5.74) is 11.2. The van der Waals surface area contributed by atoms with Gasteiger partial charge in [0, 0.05) is 11.6 Å². The van der Waals surface area contributed by atoms with Crippen molar-refractivity contribution in [3.8, 4) is 5.75 Å². The number of hydrogen-bond donors (Lipinski definition) is 1. The first-order valence-corrected chi connectivity index (χ1v) is 5.94. The van der Waals surface area contributed by atoms with Crippen LogP contribution in [0.2, 0.25) is 0 Å². The van der Waals surface area contributed by atoms with Gasteiger partial charge in [0.15, 0.2) is 0 Å². The Labute approximate surface area is 97.8 Å². The lowest BCUT2D eigenvalue weighted by Gasteiger charge is -2.35. The SMILES string of the molecule is COc1c(C)c(C)cc(C)c1C1CC(N)C1. The van der Waals surface area contributed by atoms with Gasteiger partial charge in [-0.2, -0.15) is 0 Å². The molecular weight excluding hydrogens is 198 g/mol. The van der Waals surface area contributed by atoms with Gasteiger partial charge in [-0.05, 0) is 56.2 Å². The molecule has 2 nitrogen and oxygen atoms in total. The topological polar surface area (TPSA) is 35.2 Å². The van der Waals surface area contributed by atoms with Crippen molar-refractivity contribution in [2.75, 3.05) is 7.11 Å². The maximum absolute atomic E-state index is 5.87. The van der Waals surface area contributed by atoms with E-state index in [2.05, 4.69) is 26.8 Å². The van der Waals surface area contributed by atoms with Crippen LogP contribution in [-0.4, -0.2) is 13.2 Å². The van der Waals surface area contributed by atoms with Crippen LogP contribution in [-0.2, 0) is 0 Å². The fourth-order valence-electron chi connectivity index (χ4n) is 2.74. The van der Waals surface area contributed by atoms with Crippen LogP contribution in [0.25, 0.3) is 0 Å². The first kappa shape index (κ1) is 11.5. The van der Waals surface area contributed by atoms with Crippen LogP contribution < -0.4 is 10.5 Å². The number of aryl methyl sites for hydroxylation is 2. The molecule has 0 atom stereocenters. The molecule has 1 saturated carbocycles. The van der Waals surface area contributed by atoms with Crippen LogP contribution in [0.3, 0.4) is 0 Å². The Morgan fingerprint density at radius 2 is 1.81 bits per heavy atom. The third kappa shape index (κ3) is 1.71. The summed E-state index contributed by atoms with van der Waals surface area (Å²) in [6, 6.07) is 2.65. The summed E-state index contributed by atoms with van der Waals surface area (Å²) < 4.78 is 5.59. The molecule has 0 aromatic heterocycles. The predicted octanol–water partition coefficient (Wildman–Crippen LogP) is 2.83. The first-order valence-electron chi connectivity index (χ1n) is 5.94. The van der Waals surface area contributed by atoms with Crippen LogP contribution in [0, 0.1) is 20.8 Å². The summed E-state index contributed by atoms with van der Waals surface area (Å²) in [4.78, 5) is 0. The van der Waals surface area contributed by atoms with E-state index in [0.29, 0.717) is 12.0 Å². The molecule has 1 aromatic carbocycles. The molecule has 16 heavy (non-hydrogen) atoms. The number of ether oxygens (including phenoxy) is 1. The third-order valence-corrected chi connectivity index (χ3v) is 3.82. The highest BCUT2D eigenvalue weighted by molar-refractivity contribution is 5.52. The van der Waals surface area contributed by atoms with E-state index < -0.39 is 0 Å². The van der Waals surface area contributed by atoms with E-state index in [0.717, 1.165) is 18.6 Å². The Hall–Kier alpha value is -1.02. The van der Waals surface area contributed by atoms with Crippen molar-refractivity contribution >= 4 is 0 Å². The van der Waals surface area contributed by atoms with Gasteiger partial charge in [0.25, 0.3) is 0 Å². The van der Waals surface area contributed by atoms with Gasteiger partial charge in [0.05, 0.1) is 7.11 Å². The second-order valence-electron chi connectivity index (χ2n) is 5.01. The summed E-state index contributed by atoms with van der Waals surface area (Å²) >= 11 is 0. The second-order valence-corrected chi connectivity index (χ2v) is 5.01. The van der Waals surface area contributed by atoms with Crippen LogP contribution in [0.5, 0.6) is 5.75 Å². The standard InChI is InChI=1S/C14H21NO/c1-8-5-9(2)13(11-6-12(15)7-11)14(16-4)10(8)3/h5,11-12H,6-7,15H2,1-4H3. The van der Waals surface area contributed by atoms with E-state index in [1.807, 2.05) is 0 Å². The Balaban J connectivity index is 2.46. The van der Waals surface area contributed by atoms with Crippen LogP contribution in [0.4, 0.5) is 0 Å². The van der Waals surface area contributed by atoms with E-state index in [-0.39, 0.29) is 0 Å². The van der Waals surface area contributed by atoms with Crippen molar-refractivity contribution in [3.63, 3.8) is 0 Å². The maximum atomic E-state index is 5.87. The summed E-state index contributed by atoms with van der Waals surface area (Å²) in [6.07, 6.45) is 2.19. The van der Waals surface area contributed by atoms with Crippen molar-refractivity contribution in [2.45, 2.75) is 45.6 Å².